The largest absolute Gasteiger partial charge is 0.480 e. The van der Waals surface area contributed by atoms with Gasteiger partial charge in [0.15, 0.2) is 10.8 Å². The van der Waals surface area contributed by atoms with E-state index in [9.17, 15) is 9.18 Å². The monoisotopic (exact) mass is 421 g/mol. The van der Waals surface area contributed by atoms with Crippen LogP contribution in [-0.2, 0) is 9.48 Å². The number of amidine groups is 1. The Morgan fingerprint density at radius 3 is 2.90 bits per heavy atom. The molecule has 2 aliphatic heterocycles. The molecule has 1 fully saturated rings. The number of nitrogens with one attached hydrogen (secondary N) is 1. The fraction of sp³-hybridized carbons (Fsp3) is 0.333. The number of fused-ring (bicyclic) bond motifs is 1. The molecular formula is C18H17F2N5O3S. The molecule has 2 aromatic rings. The Hall–Kier alpha value is -2.79. The Labute approximate surface area is 168 Å². The zero-order chi connectivity index (χ0) is 20.6. The number of alkyl halides is 1. The second-order valence-electron chi connectivity index (χ2n) is 6.63. The van der Waals surface area contributed by atoms with Crippen molar-refractivity contribution in [2.45, 2.75) is 10.4 Å². The predicted molar refractivity (Wildman–Crippen MR) is 103 cm³/mol. The number of carbonyl (C=O) groups is 1. The lowest BCUT2D eigenvalue weighted by Crippen LogP contribution is -2.52. The van der Waals surface area contributed by atoms with Gasteiger partial charge in [-0.3, -0.25) is 9.79 Å². The maximum absolute atomic E-state index is 15.6. The van der Waals surface area contributed by atoms with E-state index in [1.54, 1.807) is 0 Å². The van der Waals surface area contributed by atoms with Crippen LogP contribution < -0.4 is 15.8 Å². The molecule has 0 radical (unpaired) electrons. The number of aromatic nitrogens is 2. The molecular weight excluding hydrogens is 404 g/mol. The van der Waals surface area contributed by atoms with Crippen molar-refractivity contribution < 1.29 is 23.0 Å². The van der Waals surface area contributed by atoms with Crippen molar-refractivity contribution >= 4 is 28.5 Å². The molecule has 0 aliphatic carbocycles. The Balaban J connectivity index is 1.66. The van der Waals surface area contributed by atoms with Gasteiger partial charge in [0, 0.05) is 11.3 Å². The molecule has 8 nitrogen and oxygen atoms in total. The number of halogens is 2. The summed E-state index contributed by atoms with van der Waals surface area (Å²) in [6.07, 6.45) is 2.56. The van der Waals surface area contributed by atoms with E-state index in [0.717, 1.165) is 11.8 Å². The minimum atomic E-state index is -1.91. The molecule has 152 valence electrons. The van der Waals surface area contributed by atoms with Gasteiger partial charge >= 0.3 is 0 Å². The zero-order valence-electron chi connectivity index (χ0n) is 15.3. The second kappa shape index (κ2) is 7.23. The molecule has 0 unspecified atom stereocenters. The highest BCUT2D eigenvalue weighted by Gasteiger charge is 2.62. The van der Waals surface area contributed by atoms with Crippen molar-refractivity contribution in [3.63, 3.8) is 0 Å². The Morgan fingerprint density at radius 1 is 1.34 bits per heavy atom. The second-order valence-corrected chi connectivity index (χ2v) is 7.95. The minimum absolute atomic E-state index is 0.0438. The molecule has 29 heavy (non-hydrogen) atoms. The first-order chi connectivity index (χ1) is 13.9. The van der Waals surface area contributed by atoms with Crippen molar-refractivity contribution in [1.29, 1.82) is 0 Å². The van der Waals surface area contributed by atoms with Crippen LogP contribution in [0.15, 0.2) is 35.6 Å². The van der Waals surface area contributed by atoms with Gasteiger partial charge in [0.1, 0.15) is 16.3 Å². The van der Waals surface area contributed by atoms with Crippen LogP contribution in [-0.4, -0.2) is 53.6 Å². The van der Waals surface area contributed by atoms with Crippen LogP contribution in [0.2, 0.25) is 0 Å². The van der Waals surface area contributed by atoms with Crippen molar-refractivity contribution in [3.8, 4) is 5.88 Å². The lowest BCUT2D eigenvalue weighted by atomic mass is 9.84. The molecule has 3 heterocycles. The number of hydrogen-bond donors (Lipinski definition) is 2. The van der Waals surface area contributed by atoms with Crippen LogP contribution in [0.3, 0.4) is 0 Å². The maximum atomic E-state index is 15.6. The number of amides is 1. The summed E-state index contributed by atoms with van der Waals surface area (Å²) >= 11 is 0.937. The molecule has 0 saturated carbocycles. The summed E-state index contributed by atoms with van der Waals surface area (Å²) in [5.74, 6) is -0.914. The third-order valence-electron chi connectivity index (χ3n) is 4.85. The van der Waals surface area contributed by atoms with E-state index < -0.39 is 22.1 Å². The van der Waals surface area contributed by atoms with E-state index >= 15 is 4.39 Å². The van der Waals surface area contributed by atoms with Crippen LogP contribution in [0.1, 0.15) is 16.1 Å². The lowest BCUT2D eigenvalue weighted by Gasteiger charge is -2.40. The Bertz CT molecular complexity index is 990. The van der Waals surface area contributed by atoms with Gasteiger partial charge in [-0.15, -0.1) is 0 Å². The summed E-state index contributed by atoms with van der Waals surface area (Å²) in [4.78, 5) is 24.3. The summed E-state index contributed by atoms with van der Waals surface area (Å²) in [7, 11) is 1.43. The van der Waals surface area contributed by atoms with Gasteiger partial charge < -0.3 is 20.5 Å². The van der Waals surface area contributed by atoms with Gasteiger partial charge in [-0.05, 0) is 18.2 Å². The standard InChI is InChI=1S/C18H17F2N5O3S/c1-27-14-6-22-13(5-23-14)15(26)25-10-2-3-12(19)11(4-10)18-9-28-8-17(18,20)7-24-16(21)29-18/h2-6H,7-9H2,1H3,(H2,21,24)(H,25,26)/t17-,18-/m1/s1. The fourth-order valence-corrected chi connectivity index (χ4v) is 4.53. The first-order valence-corrected chi connectivity index (χ1v) is 9.41. The van der Waals surface area contributed by atoms with E-state index in [0.29, 0.717) is 0 Å². The number of benzene rings is 1. The quantitative estimate of drug-likeness (QED) is 0.775. The topological polar surface area (TPSA) is 112 Å². The number of ether oxygens (including phenoxy) is 2. The molecule has 1 aromatic carbocycles. The van der Waals surface area contributed by atoms with Crippen molar-refractivity contribution in [2.75, 3.05) is 32.2 Å². The SMILES string of the molecule is COc1cnc(C(=O)Nc2ccc(F)c([C@]34COC[C@]3(F)CN=C(N)S4)c2)cn1. The number of methoxy groups -OCH3 is 1. The van der Waals surface area contributed by atoms with Gasteiger partial charge in [-0.1, -0.05) is 11.8 Å². The first-order valence-electron chi connectivity index (χ1n) is 8.60. The van der Waals surface area contributed by atoms with Crippen molar-refractivity contribution in [3.05, 3.63) is 47.7 Å². The lowest BCUT2D eigenvalue weighted by molar-refractivity contribution is 0.102. The number of hydrogen-bond acceptors (Lipinski definition) is 8. The molecule has 4 rings (SSSR count). The van der Waals surface area contributed by atoms with Crippen LogP contribution in [0.4, 0.5) is 14.5 Å². The summed E-state index contributed by atoms with van der Waals surface area (Å²) in [6.45, 7) is -0.500. The van der Waals surface area contributed by atoms with Gasteiger partial charge in [0.2, 0.25) is 5.88 Å². The highest BCUT2D eigenvalue weighted by Crippen LogP contribution is 2.54. The zero-order valence-corrected chi connectivity index (χ0v) is 16.1. The highest BCUT2D eigenvalue weighted by molar-refractivity contribution is 8.14. The molecule has 1 aromatic heterocycles. The van der Waals surface area contributed by atoms with Gasteiger partial charge in [0.25, 0.3) is 5.91 Å². The van der Waals surface area contributed by atoms with Crippen LogP contribution in [0.5, 0.6) is 5.88 Å². The molecule has 2 aliphatic rings. The van der Waals surface area contributed by atoms with E-state index in [2.05, 4.69) is 20.3 Å². The molecule has 1 saturated heterocycles. The molecule has 1 amide bonds. The van der Waals surface area contributed by atoms with E-state index in [1.165, 1.54) is 37.7 Å². The summed E-state index contributed by atoms with van der Waals surface area (Å²) in [6, 6.07) is 3.93. The van der Waals surface area contributed by atoms with Gasteiger partial charge in [-0.2, -0.15) is 0 Å². The van der Waals surface area contributed by atoms with Crippen LogP contribution >= 0.6 is 11.8 Å². The summed E-state index contributed by atoms with van der Waals surface area (Å²) in [5, 5.41) is 2.78. The average Bonchev–Trinajstić information content (AvgIpc) is 3.06. The number of nitrogens with two attached hydrogens (primary N) is 1. The molecule has 11 heteroatoms. The Kier molecular flexibility index (Phi) is 4.87. The predicted octanol–water partition coefficient (Wildman–Crippen LogP) is 1.87. The molecule has 0 spiro atoms. The minimum Gasteiger partial charge on any atom is -0.480 e. The van der Waals surface area contributed by atoms with Crippen LogP contribution in [0.25, 0.3) is 0 Å². The fourth-order valence-electron chi connectivity index (χ4n) is 3.33. The number of carbonyl (C=O) groups excluding carboxylic acids is 1. The smallest absolute Gasteiger partial charge is 0.275 e. The number of thioether (sulfide) groups is 1. The number of aliphatic imine (C=N–C) groups is 1. The molecule has 0 bridgehead atoms. The third-order valence-corrected chi connectivity index (χ3v) is 6.24. The van der Waals surface area contributed by atoms with E-state index in [1.807, 2.05) is 0 Å². The molecule has 3 N–H and O–H groups in total. The average molecular weight is 421 g/mol. The Morgan fingerprint density at radius 2 is 2.17 bits per heavy atom. The summed E-state index contributed by atoms with van der Waals surface area (Å²) in [5.41, 5.74) is 4.27. The van der Waals surface area contributed by atoms with Gasteiger partial charge in [0.05, 0.1) is 39.3 Å². The highest BCUT2D eigenvalue weighted by atomic mass is 32.2. The molecule has 2 atom stereocenters. The van der Waals surface area contributed by atoms with E-state index in [-0.39, 0.29) is 47.8 Å². The normalized spacial score (nSPS) is 25.8. The number of rotatable bonds is 4. The number of nitrogens with zero attached hydrogens (tertiary/aromatic N) is 3. The maximum Gasteiger partial charge on any atom is 0.275 e. The summed E-state index contributed by atoms with van der Waals surface area (Å²) < 4.78 is 39.2. The van der Waals surface area contributed by atoms with Crippen molar-refractivity contribution in [1.82, 2.24) is 9.97 Å². The van der Waals surface area contributed by atoms with Gasteiger partial charge in [-0.25, -0.2) is 18.7 Å². The van der Waals surface area contributed by atoms with Crippen LogP contribution in [0, 0.1) is 5.82 Å². The van der Waals surface area contributed by atoms with Crippen molar-refractivity contribution in [2.24, 2.45) is 10.7 Å². The number of anilines is 1. The van der Waals surface area contributed by atoms with E-state index in [4.69, 9.17) is 15.2 Å². The first kappa shape index (κ1) is 19.5. The third kappa shape index (κ3) is 3.29.